The van der Waals surface area contributed by atoms with Gasteiger partial charge in [0.15, 0.2) is 0 Å². The third kappa shape index (κ3) is 6.68. The van der Waals surface area contributed by atoms with Gasteiger partial charge in [-0.15, -0.1) is 0 Å². The van der Waals surface area contributed by atoms with Crippen LogP contribution in [-0.4, -0.2) is 36.4 Å². The summed E-state index contributed by atoms with van der Waals surface area (Å²) in [6, 6.07) is 12.8. The number of nitrogens with one attached hydrogen (secondary N) is 1. The highest BCUT2D eigenvalue weighted by Gasteiger charge is 2.17. The van der Waals surface area contributed by atoms with E-state index < -0.39 is 0 Å². The Morgan fingerprint density at radius 3 is 2.29 bits per heavy atom. The lowest BCUT2D eigenvalue weighted by Gasteiger charge is -2.20. The molecule has 0 saturated carbocycles. The molecule has 0 aromatic heterocycles. The maximum Gasteiger partial charge on any atom is 0.254 e. The lowest BCUT2D eigenvalue weighted by molar-refractivity contribution is -0.121. The first-order chi connectivity index (χ1) is 13.4. The number of ether oxygens (including phenoxy) is 1. The molecule has 2 amide bonds. The SMILES string of the molecule is CCN(CC(=O)NCc1ccc(F)cc1)C(=O)c1ccc(OCC(C)C)cc1. The number of carbonyl (C=O) groups excluding carboxylic acids is 2. The Morgan fingerprint density at radius 2 is 1.71 bits per heavy atom. The van der Waals surface area contributed by atoms with E-state index in [0.717, 1.165) is 5.56 Å². The zero-order chi connectivity index (χ0) is 20.5. The fourth-order valence-corrected chi connectivity index (χ4v) is 2.50. The van der Waals surface area contributed by atoms with E-state index in [1.54, 1.807) is 36.4 Å². The molecule has 28 heavy (non-hydrogen) atoms. The van der Waals surface area contributed by atoms with Crippen LogP contribution in [0.25, 0.3) is 0 Å². The Hall–Kier alpha value is -2.89. The lowest BCUT2D eigenvalue weighted by Crippen LogP contribution is -2.40. The van der Waals surface area contributed by atoms with E-state index in [9.17, 15) is 14.0 Å². The van der Waals surface area contributed by atoms with Gasteiger partial charge < -0.3 is 15.0 Å². The summed E-state index contributed by atoms with van der Waals surface area (Å²) in [6.45, 7) is 7.23. The number of amides is 2. The topological polar surface area (TPSA) is 58.6 Å². The maximum atomic E-state index is 12.9. The van der Waals surface area contributed by atoms with Crippen LogP contribution >= 0.6 is 0 Å². The van der Waals surface area contributed by atoms with Crippen molar-refractivity contribution in [3.8, 4) is 5.75 Å². The first-order valence-electron chi connectivity index (χ1n) is 9.42. The molecule has 0 atom stereocenters. The molecule has 6 heteroatoms. The minimum Gasteiger partial charge on any atom is -0.493 e. The van der Waals surface area contributed by atoms with Crippen LogP contribution in [0, 0.1) is 11.7 Å². The molecule has 0 unspecified atom stereocenters. The summed E-state index contributed by atoms with van der Waals surface area (Å²) in [5.41, 5.74) is 1.30. The maximum absolute atomic E-state index is 12.9. The summed E-state index contributed by atoms with van der Waals surface area (Å²) >= 11 is 0. The summed E-state index contributed by atoms with van der Waals surface area (Å²) in [7, 11) is 0. The first kappa shape index (κ1) is 21.4. The average Bonchev–Trinajstić information content (AvgIpc) is 2.70. The van der Waals surface area contributed by atoms with Crippen molar-refractivity contribution < 1.29 is 18.7 Å². The van der Waals surface area contributed by atoms with Crippen molar-refractivity contribution in [1.82, 2.24) is 10.2 Å². The number of hydrogen-bond acceptors (Lipinski definition) is 3. The molecule has 0 bridgehead atoms. The fraction of sp³-hybridized carbons (Fsp3) is 0.364. The van der Waals surface area contributed by atoms with E-state index in [1.807, 2.05) is 6.92 Å². The molecule has 5 nitrogen and oxygen atoms in total. The predicted octanol–water partition coefficient (Wildman–Crippen LogP) is 3.64. The highest BCUT2D eigenvalue weighted by molar-refractivity contribution is 5.96. The highest BCUT2D eigenvalue weighted by Crippen LogP contribution is 2.15. The van der Waals surface area contributed by atoms with Crippen molar-refractivity contribution in [1.29, 1.82) is 0 Å². The monoisotopic (exact) mass is 386 g/mol. The smallest absolute Gasteiger partial charge is 0.254 e. The molecule has 150 valence electrons. The van der Waals surface area contributed by atoms with Crippen molar-refractivity contribution in [3.05, 3.63) is 65.5 Å². The summed E-state index contributed by atoms with van der Waals surface area (Å²) in [5.74, 6) is 0.334. The second kappa shape index (κ2) is 10.4. The van der Waals surface area contributed by atoms with Crippen molar-refractivity contribution in [2.75, 3.05) is 19.7 Å². The van der Waals surface area contributed by atoms with E-state index >= 15 is 0 Å². The molecule has 0 heterocycles. The van der Waals surface area contributed by atoms with Crippen molar-refractivity contribution in [2.45, 2.75) is 27.3 Å². The van der Waals surface area contributed by atoms with Crippen LogP contribution in [0.4, 0.5) is 4.39 Å². The first-order valence-corrected chi connectivity index (χ1v) is 9.42. The third-order valence-corrected chi connectivity index (χ3v) is 4.09. The molecule has 0 aliphatic rings. The molecule has 2 rings (SSSR count). The molecule has 1 N–H and O–H groups in total. The Kier molecular flexibility index (Phi) is 7.99. The van der Waals surface area contributed by atoms with E-state index in [0.29, 0.717) is 30.4 Å². The van der Waals surface area contributed by atoms with E-state index in [4.69, 9.17) is 4.74 Å². The molecular weight excluding hydrogens is 359 g/mol. The third-order valence-electron chi connectivity index (χ3n) is 4.09. The van der Waals surface area contributed by atoms with Gasteiger partial charge in [-0.05, 0) is 54.8 Å². The van der Waals surface area contributed by atoms with Gasteiger partial charge in [-0.1, -0.05) is 26.0 Å². The number of likely N-dealkylation sites (N-methyl/N-ethyl adjacent to an activating group) is 1. The normalized spacial score (nSPS) is 10.6. The number of nitrogens with zero attached hydrogens (tertiary/aromatic N) is 1. The molecule has 0 fully saturated rings. The van der Waals surface area contributed by atoms with Crippen molar-refractivity contribution in [3.63, 3.8) is 0 Å². The molecule has 0 aliphatic carbocycles. The Morgan fingerprint density at radius 1 is 1.07 bits per heavy atom. The van der Waals surface area contributed by atoms with Crippen LogP contribution in [0.1, 0.15) is 36.7 Å². The molecule has 0 spiro atoms. The zero-order valence-electron chi connectivity index (χ0n) is 16.6. The summed E-state index contributed by atoms with van der Waals surface area (Å²) < 4.78 is 18.5. The number of hydrogen-bond donors (Lipinski definition) is 1. The van der Waals surface area contributed by atoms with Crippen LogP contribution in [0.15, 0.2) is 48.5 Å². The van der Waals surface area contributed by atoms with Gasteiger partial charge >= 0.3 is 0 Å². The van der Waals surface area contributed by atoms with Gasteiger partial charge in [-0.2, -0.15) is 0 Å². The minimum atomic E-state index is -0.321. The van der Waals surface area contributed by atoms with Crippen LogP contribution in [-0.2, 0) is 11.3 Å². The minimum absolute atomic E-state index is 0.0396. The summed E-state index contributed by atoms with van der Waals surface area (Å²) in [5, 5.41) is 2.75. The van der Waals surface area contributed by atoms with Gasteiger partial charge in [0, 0.05) is 18.7 Å². The molecule has 0 aliphatic heterocycles. The second-order valence-electron chi connectivity index (χ2n) is 6.95. The van der Waals surface area contributed by atoms with Crippen molar-refractivity contribution in [2.24, 2.45) is 5.92 Å². The van der Waals surface area contributed by atoms with Gasteiger partial charge in [0.2, 0.25) is 5.91 Å². The fourth-order valence-electron chi connectivity index (χ4n) is 2.50. The molecule has 0 radical (unpaired) electrons. The second-order valence-corrected chi connectivity index (χ2v) is 6.95. The van der Waals surface area contributed by atoms with E-state index in [-0.39, 0.29) is 30.7 Å². The summed E-state index contributed by atoms with van der Waals surface area (Å²) in [4.78, 5) is 26.3. The average molecular weight is 386 g/mol. The van der Waals surface area contributed by atoms with Crippen molar-refractivity contribution >= 4 is 11.8 Å². The van der Waals surface area contributed by atoms with Gasteiger partial charge in [0.05, 0.1) is 13.2 Å². The van der Waals surface area contributed by atoms with E-state index in [1.165, 1.54) is 17.0 Å². The quantitative estimate of drug-likeness (QED) is 0.716. The zero-order valence-corrected chi connectivity index (χ0v) is 16.6. The highest BCUT2D eigenvalue weighted by atomic mass is 19.1. The van der Waals surface area contributed by atoms with E-state index in [2.05, 4.69) is 19.2 Å². The standard InChI is InChI=1S/C22H27FN2O3/c1-4-25(14-21(26)24-13-17-5-9-19(23)10-6-17)22(27)18-7-11-20(12-8-18)28-15-16(2)3/h5-12,16H,4,13-15H2,1-3H3,(H,24,26). The van der Waals surface area contributed by atoms with Crippen LogP contribution < -0.4 is 10.1 Å². The van der Waals surface area contributed by atoms with Gasteiger partial charge in [0.1, 0.15) is 11.6 Å². The summed E-state index contributed by atoms with van der Waals surface area (Å²) in [6.07, 6.45) is 0. The number of halogens is 1. The van der Waals surface area contributed by atoms with Crippen LogP contribution in [0.3, 0.4) is 0 Å². The number of carbonyl (C=O) groups is 2. The number of benzene rings is 2. The molecule has 2 aromatic rings. The largest absolute Gasteiger partial charge is 0.493 e. The van der Waals surface area contributed by atoms with Gasteiger partial charge in [-0.25, -0.2) is 4.39 Å². The Balaban J connectivity index is 1.89. The van der Waals surface area contributed by atoms with Crippen LogP contribution in [0.2, 0.25) is 0 Å². The molecular formula is C22H27FN2O3. The molecule has 2 aromatic carbocycles. The lowest BCUT2D eigenvalue weighted by atomic mass is 10.2. The van der Waals surface area contributed by atoms with Crippen LogP contribution in [0.5, 0.6) is 5.75 Å². The van der Waals surface area contributed by atoms with Gasteiger partial charge in [0.25, 0.3) is 5.91 Å². The van der Waals surface area contributed by atoms with Gasteiger partial charge in [-0.3, -0.25) is 9.59 Å². The molecule has 0 saturated heterocycles. The Bertz CT molecular complexity index is 773. The predicted molar refractivity (Wildman–Crippen MR) is 107 cm³/mol. The Labute approximate surface area is 165 Å². The number of rotatable bonds is 9.